The zero-order valence-electron chi connectivity index (χ0n) is 13.3. The number of fused-ring (bicyclic) bond motifs is 3. The second-order valence-corrected chi connectivity index (χ2v) is 6.58. The van der Waals surface area contributed by atoms with Crippen LogP contribution in [0.25, 0.3) is 10.9 Å². The molecule has 3 rings (SSSR count). The average molecular weight is 300 g/mol. The highest BCUT2D eigenvalue weighted by Crippen LogP contribution is 2.31. The quantitative estimate of drug-likeness (QED) is 0.939. The van der Waals surface area contributed by atoms with E-state index in [1.54, 1.807) is 0 Å². The van der Waals surface area contributed by atoms with E-state index >= 15 is 0 Å². The third-order valence-electron chi connectivity index (χ3n) is 4.77. The number of benzene rings is 1. The number of amides is 1. The van der Waals surface area contributed by atoms with E-state index in [2.05, 4.69) is 48.7 Å². The van der Waals surface area contributed by atoms with Gasteiger partial charge in [0, 0.05) is 17.8 Å². The van der Waals surface area contributed by atoms with Crippen LogP contribution in [-0.4, -0.2) is 16.8 Å². The highest BCUT2D eigenvalue weighted by molar-refractivity contribution is 5.81. The molecule has 1 aromatic heterocycles. The zero-order chi connectivity index (χ0) is 15.7. The Balaban J connectivity index is 1.82. The molecule has 4 heteroatoms. The van der Waals surface area contributed by atoms with Crippen molar-refractivity contribution in [3.8, 4) is 0 Å². The van der Waals surface area contributed by atoms with E-state index < -0.39 is 6.09 Å². The molecule has 22 heavy (non-hydrogen) atoms. The average Bonchev–Trinajstić information content (AvgIpc) is 2.70. The summed E-state index contributed by atoms with van der Waals surface area (Å²) in [4.78, 5) is 11.2. The van der Waals surface area contributed by atoms with Crippen molar-refractivity contribution in [2.24, 2.45) is 17.6 Å². The Bertz CT molecular complexity index is 675. The molecular formula is C18H24N2O2. The Labute approximate surface area is 131 Å². The Morgan fingerprint density at radius 2 is 2.09 bits per heavy atom. The molecular weight excluding hydrogens is 276 g/mol. The van der Waals surface area contributed by atoms with E-state index in [4.69, 9.17) is 10.5 Å². The van der Waals surface area contributed by atoms with Crippen molar-refractivity contribution in [1.82, 2.24) is 4.57 Å². The second kappa shape index (κ2) is 6.03. The summed E-state index contributed by atoms with van der Waals surface area (Å²) in [5, 5.41) is 1.31. The van der Waals surface area contributed by atoms with Crippen LogP contribution in [-0.2, 0) is 17.7 Å². The first-order valence-corrected chi connectivity index (χ1v) is 8.09. The summed E-state index contributed by atoms with van der Waals surface area (Å²) in [7, 11) is 0. The lowest BCUT2D eigenvalue weighted by Gasteiger charge is -2.28. The molecule has 1 aliphatic rings. The number of nitrogens with zero attached hydrogens (tertiary/aromatic N) is 1. The predicted molar refractivity (Wildman–Crippen MR) is 87.7 cm³/mol. The molecule has 0 spiro atoms. The number of para-hydroxylation sites is 1. The van der Waals surface area contributed by atoms with Gasteiger partial charge in [-0.15, -0.1) is 0 Å². The molecule has 0 fully saturated rings. The number of hydrogen-bond acceptors (Lipinski definition) is 2. The fourth-order valence-electron chi connectivity index (χ4n) is 3.75. The number of nitrogens with two attached hydrogens (primary N) is 1. The van der Waals surface area contributed by atoms with Gasteiger partial charge in [-0.25, -0.2) is 4.79 Å². The lowest BCUT2D eigenvalue weighted by molar-refractivity contribution is 0.0320. The number of hydrogen-bond donors (Lipinski definition) is 1. The first-order valence-electron chi connectivity index (χ1n) is 8.09. The van der Waals surface area contributed by atoms with Gasteiger partial charge in [0.1, 0.15) is 6.10 Å². The monoisotopic (exact) mass is 300 g/mol. The molecule has 118 valence electrons. The molecule has 0 radical (unpaired) electrons. The van der Waals surface area contributed by atoms with E-state index in [1.165, 1.54) is 16.6 Å². The highest BCUT2D eigenvalue weighted by Gasteiger charge is 2.29. The van der Waals surface area contributed by atoms with Gasteiger partial charge in [-0.1, -0.05) is 32.0 Å². The van der Waals surface area contributed by atoms with Gasteiger partial charge in [-0.05, 0) is 48.6 Å². The van der Waals surface area contributed by atoms with Gasteiger partial charge in [0.25, 0.3) is 0 Å². The number of carbonyl (C=O) groups is 1. The predicted octanol–water partition coefficient (Wildman–Crippen LogP) is 3.71. The topological polar surface area (TPSA) is 57.2 Å². The Morgan fingerprint density at radius 3 is 2.82 bits per heavy atom. The Hall–Kier alpha value is -1.97. The maximum atomic E-state index is 11.2. The maximum absolute atomic E-state index is 11.2. The van der Waals surface area contributed by atoms with Gasteiger partial charge in [0.2, 0.25) is 0 Å². The van der Waals surface area contributed by atoms with Crippen LogP contribution in [0.3, 0.4) is 0 Å². The third kappa shape index (κ3) is 2.82. The minimum atomic E-state index is -0.659. The first kappa shape index (κ1) is 14.9. The SMILES string of the molecule is CC(C)C(OC(N)=O)C1CCc2cc3ccccc3n2CC1. The van der Waals surface area contributed by atoms with Crippen molar-refractivity contribution in [2.75, 3.05) is 0 Å². The van der Waals surface area contributed by atoms with E-state index in [-0.39, 0.29) is 12.0 Å². The molecule has 0 bridgehead atoms. The summed E-state index contributed by atoms with van der Waals surface area (Å²) in [5.41, 5.74) is 7.93. The normalized spacial score (nSPS) is 19.7. The van der Waals surface area contributed by atoms with Crippen molar-refractivity contribution in [3.05, 3.63) is 36.0 Å². The van der Waals surface area contributed by atoms with Gasteiger partial charge in [-0.3, -0.25) is 0 Å². The maximum Gasteiger partial charge on any atom is 0.404 e. The standard InChI is InChI=1S/C18H24N2O2/c1-12(2)17(22-18(19)21)13-7-8-15-11-14-5-3-4-6-16(14)20(15)10-9-13/h3-6,11-13,17H,7-10H2,1-2H3,(H2,19,21). The van der Waals surface area contributed by atoms with Crippen LogP contribution in [0.2, 0.25) is 0 Å². The van der Waals surface area contributed by atoms with Crippen LogP contribution in [0.15, 0.2) is 30.3 Å². The summed E-state index contributed by atoms with van der Waals surface area (Å²) in [6.07, 6.45) is 2.32. The van der Waals surface area contributed by atoms with Crippen LogP contribution in [0, 0.1) is 11.8 Å². The van der Waals surface area contributed by atoms with Gasteiger partial charge in [0.15, 0.2) is 0 Å². The molecule has 2 atom stereocenters. The van der Waals surface area contributed by atoms with Gasteiger partial charge in [-0.2, -0.15) is 0 Å². The number of rotatable bonds is 3. The van der Waals surface area contributed by atoms with Gasteiger partial charge < -0.3 is 15.0 Å². The number of aryl methyl sites for hydroxylation is 2. The molecule has 2 unspecified atom stereocenters. The Morgan fingerprint density at radius 1 is 1.32 bits per heavy atom. The fraction of sp³-hybridized carbons (Fsp3) is 0.500. The van der Waals surface area contributed by atoms with Crippen LogP contribution in [0.4, 0.5) is 4.79 Å². The summed E-state index contributed by atoms with van der Waals surface area (Å²) in [6, 6.07) is 10.8. The number of aromatic nitrogens is 1. The molecule has 4 nitrogen and oxygen atoms in total. The fourth-order valence-corrected chi connectivity index (χ4v) is 3.75. The molecule has 1 amide bonds. The molecule has 2 heterocycles. The van der Waals surface area contributed by atoms with Crippen molar-refractivity contribution in [2.45, 2.75) is 45.8 Å². The first-order chi connectivity index (χ1) is 10.6. The minimum Gasteiger partial charge on any atom is -0.446 e. The largest absolute Gasteiger partial charge is 0.446 e. The number of primary amides is 1. The summed E-state index contributed by atoms with van der Waals surface area (Å²) >= 11 is 0. The Kier molecular flexibility index (Phi) is 4.10. The van der Waals surface area contributed by atoms with E-state index in [9.17, 15) is 4.79 Å². The van der Waals surface area contributed by atoms with E-state index in [0.29, 0.717) is 5.92 Å². The van der Waals surface area contributed by atoms with Crippen LogP contribution in [0.1, 0.15) is 32.4 Å². The molecule has 2 aromatic rings. The van der Waals surface area contributed by atoms with Crippen molar-refractivity contribution in [3.63, 3.8) is 0 Å². The summed E-state index contributed by atoms with van der Waals surface area (Å²) in [6.45, 7) is 5.15. The van der Waals surface area contributed by atoms with Gasteiger partial charge in [0.05, 0.1) is 0 Å². The summed E-state index contributed by atoms with van der Waals surface area (Å²) < 4.78 is 7.81. The molecule has 1 aliphatic heterocycles. The minimum absolute atomic E-state index is 0.0895. The molecule has 2 N–H and O–H groups in total. The molecule has 0 aliphatic carbocycles. The van der Waals surface area contributed by atoms with Crippen molar-refractivity contribution in [1.29, 1.82) is 0 Å². The molecule has 0 saturated heterocycles. The van der Waals surface area contributed by atoms with E-state index in [1.807, 2.05) is 0 Å². The lowest BCUT2D eigenvalue weighted by Crippen LogP contribution is -2.34. The van der Waals surface area contributed by atoms with E-state index in [0.717, 1.165) is 25.8 Å². The summed E-state index contributed by atoms with van der Waals surface area (Å²) in [5.74, 6) is 0.651. The molecule has 0 saturated carbocycles. The van der Waals surface area contributed by atoms with Crippen LogP contribution >= 0.6 is 0 Å². The van der Waals surface area contributed by atoms with Crippen LogP contribution in [0.5, 0.6) is 0 Å². The third-order valence-corrected chi connectivity index (χ3v) is 4.77. The second-order valence-electron chi connectivity index (χ2n) is 6.58. The van der Waals surface area contributed by atoms with Crippen molar-refractivity contribution >= 4 is 17.0 Å². The number of carbonyl (C=O) groups excluding carboxylic acids is 1. The smallest absolute Gasteiger partial charge is 0.404 e. The van der Waals surface area contributed by atoms with Gasteiger partial charge >= 0.3 is 6.09 Å². The van der Waals surface area contributed by atoms with Crippen LogP contribution < -0.4 is 5.73 Å². The highest BCUT2D eigenvalue weighted by atomic mass is 16.6. The van der Waals surface area contributed by atoms with Crippen molar-refractivity contribution < 1.29 is 9.53 Å². The number of ether oxygens (including phenoxy) is 1. The zero-order valence-corrected chi connectivity index (χ0v) is 13.3. The lowest BCUT2D eigenvalue weighted by atomic mass is 9.87. The molecule has 1 aromatic carbocycles.